The molecule has 0 aliphatic rings. The zero-order valence-corrected chi connectivity index (χ0v) is 9.61. The number of thioether (sulfide) groups is 1. The SMILES string of the molecule is C[C@@H](N)CSCC(=O)OC(C)(C)C. The molecule has 13 heavy (non-hydrogen) atoms. The Morgan fingerprint density at radius 1 is 1.54 bits per heavy atom. The number of esters is 1. The Morgan fingerprint density at radius 3 is 2.46 bits per heavy atom. The Kier molecular flexibility index (Phi) is 5.40. The molecule has 0 unspecified atom stereocenters. The van der Waals surface area contributed by atoms with E-state index in [0.29, 0.717) is 5.75 Å². The van der Waals surface area contributed by atoms with Gasteiger partial charge in [0.15, 0.2) is 0 Å². The van der Waals surface area contributed by atoms with Crippen molar-refractivity contribution in [1.29, 1.82) is 0 Å². The normalized spacial score (nSPS) is 13.9. The largest absolute Gasteiger partial charge is 0.459 e. The Bertz CT molecular complexity index is 163. The lowest BCUT2D eigenvalue weighted by atomic mass is 10.2. The summed E-state index contributed by atoms with van der Waals surface area (Å²) < 4.78 is 5.12. The van der Waals surface area contributed by atoms with Crippen LogP contribution >= 0.6 is 11.8 Å². The summed E-state index contributed by atoms with van der Waals surface area (Å²) in [6.07, 6.45) is 0. The molecule has 0 rings (SSSR count). The van der Waals surface area contributed by atoms with Gasteiger partial charge in [0.05, 0.1) is 5.75 Å². The van der Waals surface area contributed by atoms with Crippen LogP contribution in [0.2, 0.25) is 0 Å². The first-order valence-electron chi connectivity index (χ1n) is 4.36. The number of carbonyl (C=O) groups is 1. The van der Waals surface area contributed by atoms with Crippen molar-refractivity contribution < 1.29 is 9.53 Å². The summed E-state index contributed by atoms with van der Waals surface area (Å²) >= 11 is 1.51. The second-order valence-corrected chi connectivity index (χ2v) is 5.11. The van der Waals surface area contributed by atoms with E-state index < -0.39 is 0 Å². The van der Waals surface area contributed by atoms with Crippen LogP contribution in [0.1, 0.15) is 27.7 Å². The zero-order chi connectivity index (χ0) is 10.5. The molecule has 0 spiro atoms. The molecule has 0 amide bonds. The van der Waals surface area contributed by atoms with Gasteiger partial charge in [-0.3, -0.25) is 4.79 Å². The molecule has 3 nitrogen and oxygen atoms in total. The maximum absolute atomic E-state index is 11.2. The molecule has 0 aromatic carbocycles. The van der Waals surface area contributed by atoms with Crippen LogP contribution < -0.4 is 5.73 Å². The van der Waals surface area contributed by atoms with Gasteiger partial charge in [0, 0.05) is 11.8 Å². The van der Waals surface area contributed by atoms with Gasteiger partial charge in [-0.2, -0.15) is 0 Å². The van der Waals surface area contributed by atoms with E-state index in [0.717, 1.165) is 5.75 Å². The highest BCUT2D eigenvalue weighted by Gasteiger charge is 2.15. The van der Waals surface area contributed by atoms with E-state index in [1.807, 2.05) is 27.7 Å². The molecule has 0 aromatic heterocycles. The van der Waals surface area contributed by atoms with Gasteiger partial charge >= 0.3 is 5.97 Å². The van der Waals surface area contributed by atoms with Crippen molar-refractivity contribution >= 4 is 17.7 Å². The maximum atomic E-state index is 11.2. The molecule has 0 bridgehead atoms. The van der Waals surface area contributed by atoms with Crippen molar-refractivity contribution in [3.05, 3.63) is 0 Å². The minimum atomic E-state index is -0.383. The number of carbonyl (C=O) groups excluding carboxylic acids is 1. The van der Waals surface area contributed by atoms with Crippen molar-refractivity contribution in [2.75, 3.05) is 11.5 Å². The van der Waals surface area contributed by atoms with Gasteiger partial charge in [0.1, 0.15) is 5.60 Å². The summed E-state index contributed by atoms with van der Waals surface area (Å²) in [4.78, 5) is 11.2. The van der Waals surface area contributed by atoms with Crippen molar-refractivity contribution in [2.45, 2.75) is 39.3 Å². The maximum Gasteiger partial charge on any atom is 0.316 e. The Labute approximate surface area is 84.4 Å². The van der Waals surface area contributed by atoms with E-state index in [1.165, 1.54) is 11.8 Å². The van der Waals surface area contributed by atoms with Crippen molar-refractivity contribution in [1.82, 2.24) is 0 Å². The molecule has 0 saturated carbocycles. The average molecular weight is 205 g/mol. The van der Waals surface area contributed by atoms with Crippen molar-refractivity contribution in [3.63, 3.8) is 0 Å². The van der Waals surface area contributed by atoms with E-state index in [-0.39, 0.29) is 17.6 Å². The fourth-order valence-corrected chi connectivity index (χ4v) is 1.41. The van der Waals surface area contributed by atoms with Crippen LogP contribution in [-0.2, 0) is 9.53 Å². The molecule has 0 aromatic rings. The second-order valence-electron chi connectivity index (χ2n) is 4.08. The molecule has 0 heterocycles. The highest BCUT2D eigenvalue weighted by Crippen LogP contribution is 2.10. The minimum Gasteiger partial charge on any atom is -0.459 e. The van der Waals surface area contributed by atoms with Gasteiger partial charge in [-0.1, -0.05) is 0 Å². The van der Waals surface area contributed by atoms with Gasteiger partial charge in [0.2, 0.25) is 0 Å². The van der Waals surface area contributed by atoms with E-state index in [4.69, 9.17) is 10.5 Å². The molecule has 1 atom stereocenters. The summed E-state index contributed by atoms with van der Waals surface area (Å²) in [5, 5.41) is 0. The predicted octanol–water partition coefficient (Wildman–Crippen LogP) is 1.41. The third kappa shape index (κ3) is 9.70. The zero-order valence-electron chi connectivity index (χ0n) is 8.79. The number of ether oxygens (including phenoxy) is 1. The number of nitrogens with two attached hydrogens (primary N) is 1. The van der Waals surface area contributed by atoms with E-state index in [9.17, 15) is 4.79 Å². The molecule has 2 N–H and O–H groups in total. The first-order chi connectivity index (χ1) is 5.81. The standard InChI is InChI=1S/C9H19NO2S/c1-7(10)5-13-6-8(11)12-9(2,3)4/h7H,5-6,10H2,1-4H3/t7-/m1/s1. The molecule has 0 aliphatic carbocycles. The second kappa shape index (κ2) is 5.50. The molecule has 0 saturated heterocycles. The van der Waals surface area contributed by atoms with Crippen LogP contribution in [0.5, 0.6) is 0 Å². The summed E-state index contributed by atoms with van der Waals surface area (Å²) in [6, 6.07) is 0.132. The Balaban J connectivity index is 3.53. The lowest BCUT2D eigenvalue weighted by molar-refractivity contribution is -0.151. The Morgan fingerprint density at radius 2 is 2.08 bits per heavy atom. The fraction of sp³-hybridized carbons (Fsp3) is 0.889. The monoisotopic (exact) mass is 205 g/mol. The van der Waals surface area contributed by atoms with Crippen LogP contribution in [0.3, 0.4) is 0 Å². The smallest absolute Gasteiger partial charge is 0.316 e. The van der Waals surface area contributed by atoms with Gasteiger partial charge in [-0.25, -0.2) is 0 Å². The topological polar surface area (TPSA) is 52.3 Å². The lowest BCUT2D eigenvalue weighted by Gasteiger charge is -2.19. The summed E-state index contributed by atoms with van der Waals surface area (Å²) in [5.74, 6) is 1.01. The van der Waals surface area contributed by atoms with Crippen LogP contribution in [0.15, 0.2) is 0 Å². The number of hydrogen-bond donors (Lipinski definition) is 1. The van der Waals surface area contributed by atoms with Crippen molar-refractivity contribution in [3.8, 4) is 0 Å². The molecule has 4 heteroatoms. The molecule has 0 fully saturated rings. The van der Waals surface area contributed by atoms with Crippen LogP contribution in [0.4, 0.5) is 0 Å². The first-order valence-corrected chi connectivity index (χ1v) is 5.52. The summed E-state index contributed by atoms with van der Waals surface area (Å²) in [5.41, 5.74) is 5.15. The Hall–Kier alpha value is -0.220. The third-order valence-corrected chi connectivity index (χ3v) is 2.22. The van der Waals surface area contributed by atoms with Crippen LogP contribution in [0.25, 0.3) is 0 Å². The summed E-state index contributed by atoms with van der Waals surface area (Å²) in [6.45, 7) is 7.51. The van der Waals surface area contributed by atoms with E-state index >= 15 is 0 Å². The van der Waals surface area contributed by atoms with Gasteiger partial charge < -0.3 is 10.5 Å². The average Bonchev–Trinajstić information content (AvgIpc) is 1.81. The van der Waals surface area contributed by atoms with Crippen LogP contribution in [-0.4, -0.2) is 29.1 Å². The molecule has 0 radical (unpaired) electrons. The first kappa shape index (κ1) is 12.8. The minimum absolute atomic E-state index is 0.132. The molecule has 0 aliphatic heterocycles. The number of hydrogen-bond acceptors (Lipinski definition) is 4. The van der Waals surface area contributed by atoms with Gasteiger partial charge in [-0.15, -0.1) is 11.8 Å². The van der Waals surface area contributed by atoms with Crippen LogP contribution in [0, 0.1) is 0 Å². The molecular formula is C9H19NO2S. The molecule has 78 valence electrons. The third-order valence-electron chi connectivity index (χ3n) is 1.02. The quantitative estimate of drug-likeness (QED) is 0.705. The van der Waals surface area contributed by atoms with Crippen molar-refractivity contribution in [2.24, 2.45) is 5.73 Å². The fourth-order valence-electron chi connectivity index (χ4n) is 0.699. The highest BCUT2D eigenvalue weighted by molar-refractivity contribution is 7.99. The lowest BCUT2D eigenvalue weighted by Crippen LogP contribution is -2.26. The highest BCUT2D eigenvalue weighted by atomic mass is 32.2. The summed E-state index contributed by atoms with van der Waals surface area (Å²) in [7, 11) is 0. The van der Waals surface area contributed by atoms with E-state index in [1.54, 1.807) is 0 Å². The predicted molar refractivity (Wildman–Crippen MR) is 56.8 cm³/mol. The van der Waals surface area contributed by atoms with Gasteiger partial charge in [0.25, 0.3) is 0 Å². The van der Waals surface area contributed by atoms with E-state index in [2.05, 4.69) is 0 Å². The van der Waals surface area contributed by atoms with Gasteiger partial charge in [-0.05, 0) is 27.7 Å². The molecular weight excluding hydrogens is 186 g/mol. The number of rotatable bonds is 4.